The first kappa shape index (κ1) is 21.6. The Morgan fingerprint density at radius 3 is 2.45 bits per heavy atom. The molecule has 0 radical (unpaired) electrons. The second-order valence-corrected chi connectivity index (χ2v) is 10.7. The van der Waals surface area contributed by atoms with Gasteiger partial charge in [-0.25, -0.2) is 13.1 Å². The van der Waals surface area contributed by atoms with Crippen LogP contribution in [0.5, 0.6) is 5.75 Å². The molecule has 3 rings (SSSR count). The first-order valence-corrected chi connectivity index (χ1v) is 11.5. The number of amides is 1. The fraction of sp³-hybridized carbons (Fsp3) is 0.286. The van der Waals surface area contributed by atoms with Crippen molar-refractivity contribution in [3.63, 3.8) is 0 Å². The van der Waals surface area contributed by atoms with Gasteiger partial charge in [0.2, 0.25) is 0 Å². The highest BCUT2D eigenvalue weighted by Gasteiger charge is 2.26. The van der Waals surface area contributed by atoms with Crippen molar-refractivity contribution in [2.45, 2.75) is 31.1 Å². The van der Waals surface area contributed by atoms with Crippen molar-refractivity contribution >= 4 is 49.4 Å². The molecule has 6 nitrogen and oxygen atoms in total. The van der Waals surface area contributed by atoms with Gasteiger partial charge >= 0.3 is 0 Å². The van der Waals surface area contributed by atoms with Gasteiger partial charge in [-0.3, -0.25) is 4.79 Å². The number of hydrogen-bond acceptors (Lipinski definition) is 4. The molecule has 1 N–H and O–H groups in total. The van der Waals surface area contributed by atoms with E-state index in [2.05, 4.69) is 27.3 Å². The second kappa shape index (κ2) is 7.64. The molecule has 0 aliphatic rings. The van der Waals surface area contributed by atoms with E-state index in [1.165, 1.54) is 7.11 Å². The summed E-state index contributed by atoms with van der Waals surface area (Å²) in [5.41, 5.74) is 1.69. The molecular formula is C21H23IN2O4S. The molecule has 0 aliphatic carbocycles. The number of carbonyl (C=O) groups excluding carboxylic acids is 1. The molecule has 0 saturated carbocycles. The average molecular weight is 526 g/mol. The van der Waals surface area contributed by atoms with Gasteiger partial charge in [-0.05, 0) is 57.8 Å². The van der Waals surface area contributed by atoms with Crippen LogP contribution in [0.1, 0.15) is 36.7 Å². The molecule has 8 heteroatoms. The molecule has 0 spiro atoms. The van der Waals surface area contributed by atoms with Crippen LogP contribution in [0, 0.1) is 3.57 Å². The maximum atomic E-state index is 13.0. The Balaban J connectivity index is 1.99. The zero-order chi connectivity index (χ0) is 21.6. The zero-order valence-corrected chi connectivity index (χ0v) is 19.9. The first-order chi connectivity index (χ1) is 13.4. The lowest BCUT2D eigenvalue weighted by Gasteiger charge is -2.21. The van der Waals surface area contributed by atoms with E-state index in [1.807, 2.05) is 50.7 Å². The Morgan fingerprint density at radius 1 is 1.14 bits per heavy atom. The summed E-state index contributed by atoms with van der Waals surface area (Å²) in [6.07, 6.45) is 1.95. The number of nitrogens with zero attached hydrogens (tertiary/aromatic N) is 1. The predicted octanol–water partition coefficient (Wildman–Crippen LogP) is 4.21. The number of fused-ring (bicyclic) bond motifs is 1. The number of nitrogens with one attached hydrogen (secondary N) is 1. The molecule has 1 aromatic heterocycles. The highest BCUT2D eigenvalue weighted by atomic mass is 127. The number of aryl methyl sites for hydroxylation is 1. The van der Waals surface area contributed by atoms with Crippen LogP contribution in [0.4, 0.5) is 0 Å². The summed E-state index contributed by atoms with van der Waals surface area (Å²) >= 11 is 2.22. The monoisotopic (exact) mass is 526 g/mol. The minimum absolute atomic E-state index is 0.0599. The van der Waals surface area contributed by atoms with Crippen molar-refractivity contribution in [3.05, 3.63) is 57.3 Å². The molecule has 0 saturated heterocycles. The third-order valence-electron chi connectivity index (χ3n) is 4.75. The van der Waals surface area contributed by atoms with Gasteiger partial charge in [0.1, 0.15) is 10.6 Å². The fourth-order valence-corrected chi connectivity index (χ4v) is 5.11. The Labute approximate surface area is 184 Å². The van der Waals surface area contributed by atoms with E-state index in [1.54, 1.807) is 24.3 Å². The van der Waals surface area contributed by atoms with Gasteiger partial charge in [0.05, 0.1) is 7.11 Å². The molecule has 0 fully saturated rings. The highest BCUT2D eigenvalue weighted by Crippen LogP contribution is 2.31. The van der Waals surface area contributed by atoms with E-state index >= 15 is 0 Å². The summed E-state index contributed by atoms with van der Waals surface area (Å²) < 4.78 is 36.3. The molecule has 0 bridgehead atoms. The second-order valence-electron chi connectivity index (χ2n) is 7.87. The number of halogens is 1. The maximum Gasteiger partial charge on any atom is 0.268 e. The van der Waals surface area contributed by atoms with Crippen LogP contribution in [-0.4, -0.2) is 26.0 Å². The molecule has 1 heterocycles. The maximum absolute atomic E-state index is 13.0. The van der Waals surface area contributed by atoms with E-state index in [0.717, 1.165) is 20.0 Å². The number of aromatic nitrogens is 1. The molecule has 2 aromatic carbocycles. The number of carbonyl (C=O) groups is 1. The van der Waals surface area contributed by atoms with Crippen LogP contribution in [0.15, 0.2) is 47.5 Å². The quantitative estimate of drug-likeness (QED) is 0.517. The van der Waals surface area contributed by atoms with E-state index in [-0.39, 0.29) is 21.6 Å². The van der Waals surface area contributed by atoms with Crippen molar-refractivity contribution < 1.29 is 17.9 Å². The van der Waals surface area contributed by atoms with E-state index in [4.69, 9.17) is 4.74 Å². The summed E-state index contributed by atoms with van der Waals surface area (Å²) in [7, 11) is -0.843. The van der Waals surface area contributed by atoms with Crippen LogP contribution in [0.25, 0.3) is 10.9 Å². The lowest BCUT2D eigenvalue weighted by atomic mass is 9.87. The van der Waals surface area contributed by atoms with Crippen LogP contribution in [0.2, 0.25) is 0 Å². The van der Waals surface area contributed by atoms with Gasteiger partial charge < -0.3 is 9.30 Å². The van der Waals surface area contributed by atoms with Crippen molar-refractivity contribution in [3.8, 4) is 5.75 Å². The molecule has 0 atom stereocenters. The summed E-state index contributed by atoms with van der Waals surface area (Å²) in [6, 6.07) is 10.1. The number of benzene rings is 2. The van der Waals surface area contributed by atoms with Gasteiger partial charge in [-0.2, -0.15) is 0 Å². The summed E-state index contributed by atoms with van der Waals surface area (Å²) in [5, 5.41) is 1.01. The third kappa shape index (κ3) is 4.28. The van der Waals surface area contributed by atoms with Gasteiger partial charge in [0.15, 0.2) is 0 Å². The zero-order valence-electron chi connectivity index (χ0n) is 16.9. The van der Waals surface area contributed by atoms with Gasteiger partial charge in [0.25, 0.3) is 15.9 Å². The lowest BCUT2D eigenvalue weighted by Crippen LogP contribution is -2.31. The third-order valence-corrected chi connectivity index (χ3v) is 6.96. The molecule has 0 aliphatic heterocycles. The van der Waals surface area contributed by atoms with Gasteiger partial charge in [0, 0.05) is 33.3 Å². The molecule has 29 heavy (non-hydrogen) atoms. The first-order valence-electron chi connectivity index (χ1n) is 8.94. The molecule has 154 valence electrons. The molecule has 1 amide bonds. The molecule has 0 unspecified atom stereocenters. The van der Waals surface area contributed by atoms with Crippen molar-refractivity contribution in [2.24, 2.45) is 7.05 Å². The number of hydrogen-bond donors (Lipinski definition) is 1. The normalized spacial score (nSPS) is 12.2. The van der Waals surface area contributed by atoms with Crippen molar-refractivity contribution in [1.29, 1.82) is 0 Å². The standard InChI is InChI=1S/C21H23IN2O4S/c1-21(2,3)14-7-9-18(28-5)19(11-14)29(26,27)23-20(25)13-6-8-15-16(22)12-24(4)17(15)10-13/h6-12H,1-5H3,(H,23,25). The fourth-order valence-electron chi connectivity index (χ4n) is 3.06. The Kier molecular flexibility index (Phi) is 5.70. The number of ether oxygens (including phenoxy) is 1. The van der Waals surface area contributed by atoms with Crippen molar-refractivity contribution in [1.82, 2.24) is 9.29 Å². The number of methoxy groups -OCH3 is 1. The Morgan fingerprint density at radius 2 is 1.83 bits per heavy atom. The van der Waals surface area contributed by atoms with Gasteiger partial charge in [-0.1, -0.05) is 32.9 Å². The van der Waals surface area contributed by atoms with E-state index < -0.39 is 15.9 Å². The SMILES string of the molecule is COc1ccc(C(C)(C)C)cc1S(=O)(=O)NC(=O)c1ccc2c(I)cn(C)c2c1. The smallest absolute Gasteiger partial charge is 0.268 e. The highest BCUT2D eigenvalue weighted by molar-refractivity contribution is 14.1. The summed E-state index contributed by atoms with van der Waals surface area (Å²) in [5.74, 6) is -0.503. The average Bonchev–Trinajstić information content (AvgIpc) is 2.93. The van der Waals surface area contributed by atoms with Crippen LogP contribution < -0.4 is 9.46 Å². The van der Waals surface area contributed by atoms with Gasteiger partial charge in [-0.15, -0.1) is 0 Å². The largest absolute Gasteiger partial charge is 0.495 e. The summed E-state index contributed by atoms with van der Waals surface area (Å²) in [4.78, 5) is 12.7. The number of rotatable bonds is 4. The lowest BCUT2D eigenvalue weighted by molar-refractivity contribution is 0.0981. The Hall–Kier alpha value is -2.07. The van der Waals surface area contributed by atoms with Crippen LogP contribution in [-0.2, 0) is 22.5 Å². The summed E-state index contributed by atoms with van der Waals surface area (Å²) in [6.45, 7) is 5.96. The minimum atomic E-state index is -4.12. The van der Waals surface area contributed by atoms with E-state index in [9.17, 15) is 13.2 Å². The predicted molar refractivity (Wildman–Crippen MR) is 122 cm³/mol. The van der Waals surface area contributed by atoms with Crippen LogP contribution >= 0.6 is 22.6 Å². The van der Waals surface area contributed by atoms with Crippen LogP contribution in [0.3, 0.4) is 0 Å². The molecular weight excluding hydrogens is 503 g/mol. The number of sulfonamides is 1. The minimum Gasteiger partial charge on any atom is -0.495 e. The molecule has 3 aromatic rings. The van der Waals surface area contributed by atoms with E-state index in [0.29, 0.717) is 0 Å². The topological polar surface area (TPSA) is 77.4 Å². The Bertz CT molecular complexity index is 1210. The van der Waals surface area contributed by atoms with Crippen molar-refractivity contribution in [2.75, 3.05) is 7.11 Å².